The smallest absolute Gasteiger partial charge is 0.147 e. The van der Waals surface area contributed by atoms with Crippen molar-refractivity contribution in [3.8, 4) is 5.75 Å². The third-order valence-corrected chi connectivity index (χ3v) is 3.43. The molecule has 0 aliphatic carbocycles. The minimum Gasteiger partial charge on any atom is -0.497 e. The normalized spacial score (nSPS) is 12.1. The molecule has 4 nitrogen and oxygen atoms in total. The van der Waals surface area contributed by atoms with Crippen LogP contribution in [0, 0.1) is 0 Å². The number of nitrogens with two attached hydrogens (primary N) is 1. The largest absolute Gasteiger partial charge is 0.497 e. The van der Waals surface area contributed by atoms with E-state index in [0.717, 1.165) is 17.0 Å². The number of hydrazine groups is 1. The molecule has 0 saturated heterocycles. The van der Waals surface area contributed by atoms with Gasteiger partial charge in [0, 0.05) is 11.6 Å². The molecule has 2 rings (SSSR count). The van der Waals surface area contributed by atoms with Gasteiger partial charge in [-0.15, -0.1) is 0 Å². The van der Waals surface area contributed by atoms with Crippen LogP contribution < -0.4 is 16.0 Å². The molecule has 0 bridgehead atoms. The van der Waals surface area contributed by atoms with Gasteiger partial charge in [0.1, 0.15) is 11.6 Å². The first-order chi connectivity index (χ1) is 10.4. The Balaban J connectivity index is 2.41. The molecule has 0 aliphatic rings. The molecule has 0 spiro atoms. The van der Waals surface area contributed by atoms with E-state index in [1.807, 2.05) is 36.4 Å². The Morgan fingerprint density at radius 1 is 1.09 bits per heavy atom. The van der Waals surface area contributed by atoms with Crippen molar-refractivity contribution in [2.24, 2.45) is 10.8 Å². The van der Waals surface area contributed by atoms with Crippen molar-refractivity contribution in [3.63, 3.8) is 0 Å². The van der Waals surface area contributed by atoms with Crippen molar-refractivity contribution in [2.45, 2.75) is 26.2 Å². The van der Waals surface area contributed by atoms with Crippen molar-refractivity contribution in [2.75, 3.05) is 7.11 Å². The highest BCUT2D eigenvalue weighted by molar-refractivity contribution is 6.00. The number of nitrogens with zero attached hydrogens (tertiary/aromatic N) is 1. The summed E-state index contributed by atoms with van der Waals surface area (Å²) in [5, 5.41) is 0. The Bertz CT molecular complexity index is 672. The molecule has 0 fully saturated rings. The van der Waals surface area contributed by atoms with Gasteiger partial charge in [-0.25, -0.2) is 10.8 Å². The first kappa shape index (κ1) is 16.0. The highest BCUT2D eigenvalue weighted by atomic mass is 16.5. The Kier molecular flexibility index (Phi) is 4.83. The van der Waals surface area contributed by atoms with Crippen molar-refractivity contribution in [1.82, 2.24) is 5.43 Å². The van der Waals surface area contributed by atoms with Gasteiger partial charge < -0.3 is 10.2 Å². The lowest BCUT2D eigenvalue weighted by atomic mass is 9.86. The number of hydrogen-bond acceptors (Lipinski definition) is 3. The SMILES string of the molecule is COc1cccc(N=C(NN)c2cccc(C(C)(C)C)c2)c1. The number of rotatable bonds is 3. The molecule has 2 aromatic carbocycles. The number of aliphatic imine (C=N–C) groups is 1. The molecule has 4 heteroatoms. The van der Waals surface area contributed by atoms with Crippen molar-refractivity contribution in [1.29, 1.82) is 0 Å². The third-order valence-electron chi connectivity index (χ3n) is 3.43. The van der Waals surface area contributed by atoms with Crippen molar-refractivity contribution in [3.05, 3.63) is 59.7 Å². The van der Waals surface area contributed by atoms with Gasteiger partial charge in [0.05, 0.1) is 12.8 Å². The Morgan fingerprint density at radius 2 is 1.82 bits per heavy atom. The molecule has 116 valence electrons. The van der Waals surface area contributed by atoms with Crippen LogP contribution in [-0.4, -0.2) is 12.9 Å². The van der Waals surface area contributed by atoms with Crippen LogP contribution in [0.5, 0.6) is 5.75 Å². The van der Waals surface area contributed by atoms with E-state index in [1.54, 1.807) is 7.11 Å². The molecule has 0 saturated carbocycles. The predicted octanol–water partition coefficient (Wildman–Crippen LogP) is 3.53. The highest BCUT2D eigenvalue weighted by Crippen LogP contribution is 2.24. The molecular weight excluding hydrogens is 274 g/mol. The standard InChI is InChI=1S/C18H23N3O/c1-18(2,3)14-8-5-7-13(11-14)17(21-19)20-15-9-6-10-16(12-15)22-4/h5-12H,19H2,1-4H3,(H,20,21). The van der Waals surface area contributed by atoms with E-state index < -0.39 is 0 Å². The van der Waals surface area contributed by atoms with Crippen molar-refractivity contribution >= 4 is 11.5 Å². The van der Waals surface area contributed by atoms with Crippen molar-refractivity contribution < 1.29 is 4.74 Å². The number of benzene rings is 2. The molecule has 0 unspecified atom stereocenters. The van der Waals surface area contributed by atoms with E-state index >= 15 is 0 Å². The number of nitrogens with one attached hydrogen (secondary N) is 1. The van der Waals surface area contributed by atoms with Crippen LogP contribution in [0.3, 0.4) is 0 Å². The van der Waals surface area contributed by atoms with Gasteiger partial charge >= 0.3 is 0 Å². The van der Waals surface area contributed by atoms with Crippen LogP contribution in [0.1, 0.15) is 31.9 Å². The van der Waals surface area contributed by atoms with Crippen LogP contribution in [0.4, 0.5) is 5.69 Å². The van der Waals surface area contributed by atoms with Gasteiger partial charge in [0.2, 0.25) is 0 Å². The summed E-state index contributed by atoms with van der Waals surface area (Å²) in [6.07, 6.45) is 0. The fourth-order valence-corrected chi connectivity index (χ4v) is 2.12. The summed E-state index contributed by atoms with van der Waals surface area (Å²) in [4.78, 5) is 4.58. The molecule has 0 amide bonds. The second-order valence-corrected chi connectivity index (χ2v) is 6.14. The van der Waals surface area contributed by atoms with E-state index in [-0.39, 0.29) is 5.41 Å². The maximum absolute atomic E-state index is 5.67. The Hall–Kier alpha value is -2.33. The maximum Gasteiger partial charge on any atom is 0.147 e. The summed E-state index contributed by atoms with van der Waals surface area (Å²) in [6, 6.07) is 15.8. The van der Waals surface area contributed by atoms with Gasteiger partial charge in [0.25, 0.3) is 0 Å². The van der Waals surface area contributed by atoms with Crippen LogP contribution in [0.2, 0.25) is 0 Å². The van der Waals surface area contributed by atoms with E-state index in [1.165, 1.54) is 5.56 Å². The first-order valence-electron chi connectivity index (χ1n) is 7.24. The van der Waals surface area contributed by atoms with E-state index in [2.05, 4.69) is 43.3 Å². The van der Waals surface area contributed by atoms with Gasteiger partial charge in [0.15, 0.2) is 0 Å². The summed E-state index contributed by atoms with van der Waals surface area (Å²) in [6.45, 7) is 6.54. The van der Waals surface area contributed by atoms with Gasteiger partial charge in [-0.2, -0.15) is 0 Å². The lowest BCUT2D eigenvalue weighted by Crippen LogP contribution is -2.31. The van der Waals surface area contributed by atoms with Gasteiger partial charge in [-0.3, -0.25) is 0 Å². The second kappa shape index (κ2) is 6.62. The number of methoxy groups -OCH3 is 1. The second-order valence-electron chi connectivity index (χ2n) is 6.14. The van der Waals surface area contributed by atoms with E-state index in [9.17, 15) is 0 Å². The topological polar surface area (TPSA) is 59.6 Å². The summed E-state index contributed by atoms with van der Waals surface area (Å²) in [7, 11) is 1.64. The summed E-state index contributed by atoms with van der Waals surface area (Å²) in [5.41, 5.74) is 5.74. The fraction of sp³-hybridized carbons (Fsp3) is 0.278. The minimum atomic E-state index is 0.0751. The molecule has 0 radical (unpaired) electrons. The number of ether oxygens (including phenoxy) is 1. The lowest BCUT2D eigenvalue weighted by Gasteiger charge is -2.20. The summed E-state index contributed by atoms with van der Waals surface area (Å²) in [5.74, 6) is 7.06. The highest BCUT2D eigenvalue weighted by Gasteiger charge is 2.14. The average Bonchev–Trinajstić information content (AvgIpc) is 2.52. The molecule has 0 atom stereocenters. The minimum absolute atomic E-state index is 0.0751. The predicted molar refractivity (Wildman–Crippen MR) is 91.7 cm³/mol. The first-order valence-corrected chi connectivity index (χ1v) is 7.24. The quantitative estimate of drug-likeness (QED) is 0.394. The number of hydrogen-bond donors (Lipinski definition) is 2. The molecule has 0 aliphatic heterocycles. The zero-order valence-corrected chi connectivity index (χ0v) is 13.6. The van der Waals surface area contributed by atoms with Crippen LogP contribution >= 0.6 is 0 Å². The molecule has 2 aromatic rings. The average molecular weight is 297 g/mol. The number of amidine groups is 1. The van der Waals surface area contributed by atoms with Crippen LogP contribution in [0.15, 0.2) is 53.5 Å². The van der Waals surface area contributed by atoms with Gasteiger partial charge in [-0.1, -0.05) is 45.0 Å². The zero-order chi connectivity index (χ0) is 16.2. The lowest BCUT2D eigenvalue weighted by molar-refractivity contribution is 0.415. The van der Waals surface area contributed by atoms with Crippen LogP contribution in [-0.2, 0) is 5.41 Å². The monoisotopic (exact) mass is 297 g/mol. The Morgan fingerprint density at radius 3 is 2.45 bits per heavy atom. The Labute approximate surface area is 132 Å². The molecule has 0 aromatic heterocycles. The molecule has 3 N–H and O–H groups in total. The molecule has 22 heavy (non-hydrogen) atoms. The summed E-state index contributed by atoms with van der Waals surface area (Å²) < 4.78 is 5.22. The maximum atomic E-state index is 5.67. The van der Waals surface area contributed by atoms with Crippen LogP contribution in [0.25, 0.3) is 0 Å². The van der Waals surface area contributed by atoms with Gasteiger partial charge in [-0.05, 0) is 29.2 Å². The molecule has 0 heterocycles. The zero-order valence-electron chi connectivity index (χ0n) is 13.6. The third kappa shape index (κ3) is 3.86. The van der Waals surface area contributed by atoms with E-state index in [4.69, 9.17) is 10.6 Å². The fourth-order valence-electron chi connectivity index (χ4n) is 2.12. The van der Waals surface area contributed by atoms with E-state index in [0.29, 0.717) is 5.84 Å². The molecular formula is C18H23N3O. The summed E-state index contributed by atoms with van der Waals surface area (Å²) >= 11 is 0.